The average Bonchev–Trinajstić information content (AvgIpc) is 3.24. The zero-order chi connectivity index (χ0) is 19.4. The Labute approximate surface area is 188 Å². The van der Waals surface area contributed by atoms with Crippen molar-refractivity contribution in [3.63, 3.8) is 0 Å². The molecule has 0 radical (unpaired) electrons. The number of hydrogen-bond acceptors (Lipinski definition) is 6. The monoisotopic (exact) mass is 518 g/mol. The molecule has 1 aliphatic carbocycles. The van der Waals surface area contributed by atoms with Crippen molar-refractivity contribution in [3.8, 4) is 0 Å². The van der Waals surface area contributed by atoms with Crippen LogP contribution < -0.4 is 5.32 Å². The first kappa shape index (κ1) is 23.1. The molecule has 0 saturated heterocycles. The fourth-order valence-corrected chi connectivity index (χ4v) is 4.20. The Morgan fingerprint density at radius 2 is 2.00 bits per heavy atom. The summed E-state index contributed by atoms with van der Waals surface area (Å²) >= 11 is 1.84. The van der Waals surface area contributed by atoms with E-state index in [1.54, 1.807) is 0 Å². The third-order valence-electron chi connectivity index (χ3n) is 4.44. The molecule has 7 nitrogen and oxygen atoms in total. The van der Waals surface area contributed by atoms with Gasteiger partial charge >= 0.3 is 0 Å². The predicted octanol–water partition coefficient (Wildman–Crippen LogP) is 3.92. The summed E-state index contributed by atoms with van der Waals surface area (Å²) in [6.45, 7) is 10.2. The van der Waals surface area contributed by atoms with Gasteiger partial charge in [-0.25, -0.2) is 9.98 Å². The fourth-order valence-electron chi connectivity index (χ4n) is 2.99. The van der Waals surface area contributed by atoms with Gasteiger partial charge in [-0.15, -0.1) is 35.3 Å². The second-order valence-electron chi connectivity index (χ2n) is 7.98. The molecule has 28 heavy (non-hydrogen) atoms. The van der Waals surface area contributed by atoms with Crippen molar-refractivity contribution in [1.82, 2.24) is 25.3 Å². The minimum atomic E-state index is -0.153. The number of hydrogen-bond donors (Lipinski definition) is 1. The largest absolute Gasteiger partial charge is 0.357 e. The predicted molar refractivity (Wildman–Crippen MR) is 123 cm³/mol. The van der Waals surface area contributed by atoms with Crippen LogP contribution in [0, 0.1) is 0 Å². The molecule has 2 heterocycles. The van der Waals surface area contributed by atoms with E-state index in [2.05, 4.69) is 53.0 Å². The van der Waals surface area contributed by atoms with Crippen LogP contribution in [0.15, 0.2) is 9.52 Å². The molecule has 0 amide bonds. The third-order valence-corrected chi connectivity index (χ3v) is 5.58. The molecule has 0 bridgehead atoms. The Morgan fingerprint density at radius 1 is 1.25 bits per heavy atom. The van der Waals surface area contributed by atoms with E-state index in [0.29, 0.717) is 18.3 Å². The average molecular weight is 518 g/mol. The molecule has 0 saturated carbocycles. The van der Waals surface area contributed by atoms with Crippen molar-refractivity contribution in [2.75, 3.05) is 13.6 Å². The molecule has 156 valence electrons. The SMILES string of the molecule is CCNC(=NCc1noc(C(C)(C)C)n1)N(C)Cc1nc2c(s1)CCCC2.I. The van der Waals surface area contributed by atoms with Gasteiger partial charge in [0.25, 0.3) is 0 Å². The molecule has 9 heteroatoms. The second-order valence-corrected chi connectivity index (χ2v) is 9.14. The molecular formula is C19H31IN6OS. The quantitative estimate of drug-likeness (QED) is 0.367. The summed E-state index contributed by atoms with van der Waals surface area (Å²) in [6.07, 6.45) is 4.85. The maximum absolute atomic E-state index is 5.35. The fraction of sp³-hybridized carbons (Fsp3) is 0.684. The summed E-state index contributed by atoms with van der Waals surface area (Å²) in [5, 5.41) is 8.55. The van der Waals surface area contributed by atoms with E-state index >= 15 is 0 Å². The molecule has 0 aliphatic heterocycles. The molecule has 0 aromatic carbocycles. The standard InChI is InChI=1S/C19H30N6OS.HI/c1-6-20-18(21-11-15-23-17(26-24-15)19(2,3)4)25(5)12-16-22-13-9-7-8-10-14(13)27-16;/h6-12H2,1-5H3,(H,20,21);1H. The Balaban J connectivity index is 0.00000280. The molecule has 2 aromatic rings. The number of halogens is 1. The van der Waals surface area contributed by atoms with Crippen molar-refractivity contribution in [3.05, 3.63) is 27.3 Å². The summed E-state index contributed by atoms with van der Waals surface area (Å²) in [5.41, 5.74) is 1.15. The lowest BCUT2D eigenvalue weighted by atomic mass is 9.97. The Hall–Kier alpha value is -1.23. The van der Waals surface area contributed by atoms with Crippen LogP contribution in [0.1, 0.15) is 67.8 Å². The van der Waals surface area contributed by atoms with Crippen LogP contribution in [-0.2, 0) is 31.3 Å². The van der Waals surface area contributed by atoms with Crippen LogP contribution >= 0.6 is 35.3 Å². The smallest absolute Gasteiger partial charge is 0.232 e. The van der Waals surface area contributed by atoms with Crippen LogP contribution in [0.4, 0.5) is 0 Å². The number of thiazole rings is 1. The van der Waals surface area contributed by atoms with E-state index in [4.69, 9.17) is 9.51 Å². The van der Waals surface area contributed by atoms with Gasteiger partial charge in [0, 0.05) is 23.9 Å². The Kier molecular flexibility index (Phi) is 8.23. The van der Waals surface area contributed by atoms with Gasteiger partial charge in [-0.2, -0.15) is 4.98 Å². The first-order chi connectivity index (χ1) is 12.9. The van der Waals surface area contributed by atoms with Crippen LogP contribution in [0.2, 0.25) is 0 Å². The molecule has 2 aromatic heterocycles. The summed E-state index contributed by atoms with van der Waals surface area (Å²) in [4.78, 5) is 17.6. The number of guanidine groups is 1. The lowest BCUT2D eigenvalue weighted by Gasteiger charge is -2.20. The van der Waals surface area contributed by atoms with Crippen molar-refractivity contribution in [1.29, 1.82) is 0 Å². The van der Waals surface area contributed by atoms with Crippen molar-refractivity contribution < 1.29 is 4.52 Å². The minimum Gasteiger partial charge on any atom is -0.357 e. The topological polar surface area (TPSA) is 79.4 Å². The van der Waals surface area contributed by atoms with Gasteiger partial charge in [0.2, 0.25) is 5.89 Å². The first-order valence-corrected chi connectivity index (χ1v) is 10.5. The zero-order valence-electron chi connectivity index (χ0n) is 17.4. The molecule has 0 fully saturated rings. The van der Waals surface area contributed by atoms with Gasteiger partial charge in [0.1, 0.15) is 11.6 Å². The second kappa shape index (κ2) is 10.00. The lowest BCUT2D eigenvalue weighted by Crippen LogP contribution is -2.38. The third kappa shape index (κ3) is 5.88. The molecule has 0 unspecified atom stereocenters. The maximum Gasteiger partial charge on any atom is 0.232 e. The van der Waals surface area contributed by atoms with Crippen LogP contribution in [0.5, 0.6) is 0 Å². The summed E-state index contributed by atoms with van der Waals surface area (Å²) in [5.74, 6) is 2.07. The number of aryl methyl sites for hydroxylation is 2. The van der Waals surface area contributed by atoms with Crippen molar-refractivity contribution in [2.24, 2.45) is 4.99 Å². The first-order valence-electron chi connectivity index (χ1n) is 9.66. The van der Waals surface area contributed by atoms with E-state index in [1.165, 1.54) is 29.8 Å². The highest BCUT2D eigenvalue weighted by Gasteiger charge is 2.22. The zero-order valence-corrected chi connectivity index (χ0v) is 20.6. The Morgan fingerprint density at radius 3 is 2.64 bits per heavy atom. The van der Waals surface area contributed by atoms with Crippen LogP contribution in [0.25, 0.3) is 0 Å². The summed E-state index contributed by atoms with van der Waals surface area (Å²) in [6, 6.07) is 0. The van der Waals surface area contributed by atoms with Crippen LogP contribution in [0.3, 0.4) is 0 Å². The summed E-state index contributed by atoms with van der Waals surface area (Å²) < 4.78 is 5.35. The van der Waals surface area contributed by atoms with Gasteiger partial charge in [-0.1, -0.05) is 25.9 Å². The van der Waals surface area contributed by atoms with E-state index in [9.17, 15) is 0 Å². The van der Waals surface area contributed by atoms with Gasteiger partial charge in [-0.05, 0) is 32.6 Å². The van der Waals surface area contributed by atoms with E-state index in [0.717, 1.165) is 30.5 Å². The van der Waals surface area contributed by atoms with E-state index in [1.807, 2.05) is 18.4 Å². The van der Waals surface area contributed by atoms with Gasteiger partial charge in [0.05, 0.1) is 12.2 Å². The van der Waals surface area contributed by atoms with Crippen LogP contribution in [-0.4, -0.2) is 39.6 Å². The number of nitrogens with one attached hydrogen (secondary N) is 1. The number of rotatable bonds is 5. The molecule has 1 N–H and O–H groups in total. The number of aliphatic imine (C=N–C) groups is 1. The highest BCUT2D eigenvalue weighted by molar-refractivity contribution is 14.0. The number of fused-ring (bicyclic) bond motifs is 1. The molecular weight excluding hydrogens is 487 g/mol. The minimum absolute atomic E-state index is 0. The number of nitrogens with zero attached hydrogens (tertiary/aromatic N) is 5. The highest BCUT2D eigenvalue weighted by atomic mass is 127. The van der Waals surface area contributed by atoms with Gasteiger partial charge in [-0.3, -0.25) is 0 Å². The maximum atomic E-state index is 5.35. The van der Waals surface area contributed by atoms with Gasteiger partial charge in [0.15, 0.2) is 11.8 Å². The molecule has 0 atom stereocenters. The highest BCUT2D eigenvalue weighted by Crippen LogP contribution is 2.27. The Bertz CT molecular complexity index is 771. The van der Waals surface area contributed by atoms with Crippen molar-refractivity contribution in [2.45, 2.75) is 71.9 Å². The van der Waals surface area contributed by atoms with E-state index in [-0.39, 0.29) is 29.4 Å². The summed E-state index contributed by atoms with van der Waals surface area (Å²) in [7, 11) is 2.04. The molecule has 3 rings (SSSR count). The van der Waals surface area contributed by atoms with E-state index < -0.39 is 0 Å². The lowest BCUT2D eigenvalue weighted by molar-refractivity contribution is 0.318. The normalized spacial score (nSPS) is 14.4. The van der Waals surface area contributed by atoms with Gasteiger partial charge < -0.3 is 14.7 Å². The molecule has 0 spiro atoms. The number of aromatic nitrogens is 3. The molecule has 1 aliphatic rings. The van der Waals surface area contributed by atoms with Crippen molar-refractivity contribution >= 4 is 41.3 Å².